The van der Waals surface area contributed by atoms with Crippen LogP contribution in [0.2, 0.25) is 0 Å². The van der Waals surface area contributed by atoms with Crippen molar-refractivity contribution < 1.29 is 57.2 Å². The van der Waals surface area contributed by atoms with E-state index in [1.807, 2.05) is 13.8 Å². The van der Waals surface area contributed by atoms with E-state index in [2.05, 4.69) is 81.0 Å². The molecule has 12 heteroatoms. The van der Waals surface area contributed by atoms with Crippen molar-refractivity contribution in [3.63, 3.8) is 0 Å². The van der Waals surface area contributed by atoms with Gasteiger partial charge >= 0.3 is 35.8 Å². The molecule has 6 rings (SSSR count). The first-order chi connectivity index (χ1) is 38.1. The standard InChI is InChI=1S/C13H22O2.2C12H20O2.2C11H18O2.C10H16O2/c1-10(2)12(14)15-13(11(3)4)8-6-5-7-9-13;1-4-12(8-6-5-7-9-12)14-11(13)10(2)3;1-4-11(13)14-12(10(2)3)8-6-5-7-9-12;1-9(2)10(12)13-11(3)7-5-4-6-8-11;1-3-10(12)13-11(4-2)8-6-5-7-9-11;1-3-9(11)12-10(2)7-5-4-6-8-10/h11H,1,5-9H2,2-4H3;2,4-9H2,1,3H3;4,10H,1,5-9H2,2-3H3;1,4-8H2,2-3H3;3H,1,4-9H2,2H3;3H,1,4-8H2,2H3. The molecule has 0 unspecified atom stereocenters. The molecule has 81 heavy (non-hydrogen) atoms. The van der Waals surface area contributed by atoms with Crippen LogP contribution in [0.3, 0.4) is 0 Å². The fourth-order valence-electron chi connectivity index (χ4n) is 11.8. The summed E-state index contributed by atoms with van der Waals surface area (Å²) in [5.41, 5.74) is 0.240. The van der Waals surface area contributed by atoms with Crippen LogP contribution < -0.4 is 0 Å². The molecule has 12 nitrogen and oxygen atoms in total. The highest BCUT2D eigenvalue weighted by molar-refractivity contribution is 5.88. The minimum absolute atomic E-state index is 0.177. The van der Waals surface area contributed by atoms with Crippen LogP contribution in [0.25, 0.3) is 0 Å². The Morgan fingerprint density at radius 2 is 0.605 bits per heavy atom. The van der Waals surface area contributed by atoms with Crippen molar-refractivity contribution in [2.24, 2.45) is 11.8 Å². The van der Waals surface area contributed by atoms with Gasteiger partial charge in [0.2, 0.25) is 0 Å². The third-order valence-electron chi connectivity index (χ3n) is 17.6. The van der Waals surface area contributed by atoms with E-state index in [1.54, 1.807) is 20.8 Å². The number of esters is 6. The second-order valence-corrected chi connectivity index (χ2v) is 25.2. The predicted molar refractivity (Wildman–Crippen MR) is 328 cm³/mol. The van der Waals surface area contributed by atoms with Gasteiger partial charge in [-0.25, -0.2) is 28.8 Å². The predicted octanol–water partition coefficient (Wildman–Crippen LogP) is 17.9. The minimum Gasteiger partial charge on any atom is -0.456 e. The van der Waals surface area contributed by atoms with Gasteiger partial charge in [0.05, 0.1) is 0 Å². The van der Waals surface area contributed by atoms with Crippen molar-refractivity contribution in [1.29, 1.82) is 0 Å². The molecule has 6 aliphatic carbocycles. The largest absolute Gasteiger partial charge is 0.456 e. The molecule has 6 saturated carbocycles. The van der Waals surface area contributed by atoms with E-state index in [9.17, 15) is 28.8 Å². The monoisotopic (exact) mass is 1130 g/mol. The first-order valence-corrected chi connectivity index (χ1v) is 31.3. The first-order valence-electron chi connectivity index (χ1n) is 31.3. The Morgan fingerprint density at radius 3 is 0.914 bits per heavy atom. The summed E-state index contributed by atoms with van der Waals surface area (Å²) >= 11 is 0. The summed E-state index contributed by atoms with van der Waals surface area (Å²) in [7, 11) is 0. The molecule has 0 atom stereocenters. The van der Waals surface area contributed by atoms with E-state index in [0.29, 0.717) is 28.6 Å². The Labute approximate surface area is 492 Å². The molecular weight excluding hydrogens is 1020 g/mol. The summed E-state index contributed by atoms with van der Waals surface area (Å²) in [4.78, 5) is 67.6. The normalized spacial score (nSPS) is 20.6. The second kappa shape index (κ2) is 37.5. The van der Waals surface area contributed by atoms with E-state index in [0.717, 1.165) is 89.9 Å². The molecule has 0 aromatic carbocycles. The lowest BCUT2D eigenvalue weighted by atomic mass is 9.77. The van der Waals surface area contributed by atoms with Crippen LogP contribution in [0.15, 0.2) is 74.4 Å². The van der Waals surface area contributed by atoms with Gasteiger partial charge in [-0.15, -0.1) is 0 Å². The summed E-state index contributed by atoms with van der Waals surface area (Å²) in [6.07, 6.45) is 39.3. The average Bonchev–Trinajstić information content (AvgIpc) is 3.44. The highest BCUT2D eigenvalue weighted by atomic mass is 16.6. The van der Waals surface area contributed by atoms with Crippen LogP contribution in [-0.2, 0) is 57.2 Å². The molecule has 6 aliphatic rings. The van der Waals surface area contributed by atoms with E-state index in [-0.39, 0.29) is 69.4 Å². The second-order valence-electron chi connectivity index (χ2n) is 25.2. The van der Waals surface area contributed by atoms with E-state index < -0.39 is 0 Å². The topological polar surface area (TPSA) is 158 Å². The maximum absolute atomic E-state index is 11.6. The molecule has 462 valence electrons. The van der Waals surface area contributed by atoms with Gasteiger partial charge in [0.15, 0.2) is 0 Å². The van der Waals surface area contributed by atoms with E-state index in [4.69, 9.17) is 28.4 Å². The number of carbonyl (C=O) groups excluding carboxylic acids is 6. The van der Waals surface area contributed by atoms with Gasteiger partial charge in [0, 0.05) is 34.9 Å². The quantitative estimate of drug-likeness (QED) is 0.0819. The molecular formula is C69H114O12. The maximum Gasteiger partial charge on any atom is 0.333 e. The maximum atomic E-state index is 11.6. The zero-order valence-corrected chi connectivity index (χ0v) is 53.2. The summed E-state index contributed by atoms with van der Waals surface area (Å²) in [5.74, 6) is -0.764. The molecule has 0 amide bonds. The number of ether oxygens (including phenoxy) is 6. The fourth-order valence-corrected chi connectivity index (χ4v) is 11.8. The van der Waals surface area contributed by atoms with Crippen LogP contribution in [0.1, 0.15) is 282 Å². The van der Waals surface area contributed by atoms with E-state index in [1.165, 1.54) is 134 Å². The zero-order chi connectivity index (χ0) is 61.3. The molecule has 0 saturated heterocycles. The van der Waals surface area contributed by atoms with Crippen LogP contribution in [0, 0.1) is 11.8 Å². The van der Waals surface area contributed by atoms with Gasteiger partial charge in [-0.3, -0.25) is 0 Å². The Morgan fingerprint density at radius 1 is 0.358 bits per heavy atom. The molecule has 6 fully saturated rings. The summed E-state index contributed by atoms with van der Waals surface area (Å²) < 4.78 is 32.8. The van der Waals surface area contributed by atoms with Crippen molar-refractivity contribution in [3.05, 3.63) is 74.4 Å². The molecule has 0 N–H and O–H groups in total. The molecule has 0 heterocycles. The highest BCUT2D eigenvalue weighted by Gasteiger charge is 2.41. The van der Waals surface area contributed by atoms with Crippen molar-refractivity contribution in [2.75, 3.05) is 0 Å². The third-order valence-corrected chi connectivity index (χ3v) is 17.6. The first kappa shape index (κ1) is 74.3. The van der Waals surface area contributed by atoms with Crippen LogP contribution in [0.4, 0.5) is 0 Å². The van der Waals surface area contributed by atoms with Gasteiger partial charge in [-0.2, -0.15) is 0 Å². The third kappa shape index (κ3) is 27.5. The van der Waals surface area contributed by atoms with Gasteiger partial charge in [0.1, 0.15) is 33.6 Å². The van der Waals surface area contributed by atoms with Crippen LogP contribution >= 0.6 is 0 Å². The van der Waals surface area contributed by atoms with Crippen molar-refractivity contribution in [3.8, 4) is 0 Å². The smallest absolute Gasteiger partial charge is 0.333 e. The highest BCUT2D eigenvalue weighted by Crippen LogP contribution is 2.40. The van der Waals surface area contributed by atoms with Crippen LogP contribution in [0.5, 0.6) is 0 Å². The Kier molecular flexibility index (Phi) is 34.3. The molecule has 0 aliphatic heterocycles. The Balaban J connectivity index is 0.000000487. The number of carbonyl (C=O) groups is 6. The van der Waals surface area contributed by atoms with Gasteiger partial charge in [-0.05, 0) is 213 Å². The molecule has 0 aromatic heterocycles. The van der Waals surface area contributed by atoms with Gasteiger partial charge in [0.25, 0.3) is 0 Å². The lowest BCUT2D eigenvalue weighted by Crippen LogP contribution is -2.42. The lowest BCUT2D eigenvalue weighted by Gasteiger charge is -2.40. The SMILES string of the molecule is C=C(C)C(=O)OC1(C(C)C)CCCCC1.C=C(C)C(=O)OC1(C)CCCCC1.C=C(C)C(=O)OC1(CC)CCCCC1.C=CC(=O)OC1(C(C)C)CCCCC1.C=CC(=O)OC1(C)CCCCC1.C=CC(=O)OC1(CC)CCCCC1. The molecule has 0 radical (unpaired) electrons. The Bertz CT molecular complexity index is 2000. The van der Waals surface area contributed by atoms with Crippen molar-refractivity contribution in [1.82, 2.24) is 0 Å². The van der Waals surface area contributed by atoms with Crippen molar-refractivity contribution >= 4 is 35.8 Å². The molecule has 0 bridgehead atoms. The van der Waals surface area contributed by atoms with Gasteiger partial charge < -0.3 is 28.4 Å². The van der Waals surface area contributed by atoms with Crippen LogP contribution in [-0.4, -0.2) is 69.4 Å². The average molecular weight is 1140 g/mol. The molecule has 0 spiro atoms. The number of hydrogen-bond donors (Lipinski definition) is 0. The zero-order valence-electron chi connectivity index (χ0n) is 53.2. The van der Waals surface area contributed by atoms with E-state index >= 15 is 0 Å². The fraction of sp³-hybridized carbons (Fsp3) is 0.739. The summed E-state index contributed by atoms with van der Waals surface area (Å²) in [6.45, 7) is 42.9. The number of hydrogen-bond acceptors (Lipinski definition) is 12. The van der Waals surface area contributed by atoms with Crippen molar-refractivity contribution in [2.45, 2.75) is 315 Å². The Hall–Kier alpha value is -4.74. The lowest BCUT2D eigenvalue weighted by molar-refractivity contribution is -0.165. The van der Waals surface area contributed by atoms with Gasteiger partial charge in [-0.1, -0.05) is 120 Å². The summed E-state index contributed by atoms with van der Waals surface area (Å²) in [5, 5.41) is 0. The molecule has 0 aromatic rings. The number of rotatable bonds is 16. The minimum atomic E-state index is -0.292. The summed E-state index contributed by atoms with van der Waals surface area (Å²) in [6, 6.07) is 0.